The number of carbonyl (C=O) groups excluding carboxylic acids is 2. The van der Waals surface area contributed by atoms with E-state index in [2.05, 4.69) is 30.0 Å². The second-order valence-corrected chi connectivity index (χ2v) is 12.7. The van der Waals surface area contributed by atoms with E-state index in [1.807, 2.05) is 67.7 Å². The number of nitrogens with zero attached hydrogens (tertiary/aromatic N) is 4. The van der Waals surface area contributed by atoms with Gasteiger partial charge in [-0.05, 0) is 122 Å². The molecule has 220 valence electrons. The standard InChI is InChI=1S/C32H48N4O4/c1-7-39-30(37)26-12-10-24(11-13-26)9-8-16-34-17-14-25(15-18-34)21-35(31(38)40-32(4,5)6)29-19-28(29)27-20-33-36(22-27)23(2)3/h10-13,20,22-23,25,28-29H,7-9,14-19,21H2,1-6H3. The zero-order valence-electron chi connectivity index (χ0n) is 25.3. The Morgan fingerprint density at radius 1 is 1.12 bits per heavy atom. The van der Waals surface area contributed by atoms with Crippen LogP contribution >= 0.6 is 0 Å². The number of piperidine rings is 1. The number of rotatable bonds is 11. The SMILES string of the molecule is CCOC(=O)c1ccc(CCCN2CCC(CN(C(=O)OC(C)(C)C)C3CC3c3cnn(C(C)C)c3)CC2)cc1. The third kappa shape index (κ3) is 8.32. The molecule has 8 nitrogen and oxygen atoms in total. The van der Waals surface area contributed by atoms with E-state index in [1.165, 1.54) is 11.1 Å². The minimum absolute atomic E-state index is 0.187. The summed E-state index contributed by atoms with van der Waals surface area (Å²) < 4.78 is 12.9. The van der Waals surface area contributed by atoms with Crippen molar-refractivity contribution in [2.24, 2.45) is 5.92 Å². The predicted octanol–water partition coefficient (Wildman–Crippen LogP) is 6.08. The van der Waals surface area contributed by atoms with Crippen LogP contribution in [0.1, 0.15) is 101 Å². The third-order valence-corrected chi connectivity index (χ3v) is 7.93. The number of aromatic nitrogens is 2. The second-order valence-electron chi connectivity index (χ2n) is 12.7. The molecule has 1 aromatic heterocycles. The van der Waals surface area contributed by atoms with Gasteiger partial charge in [-0.3, -0.25) is 4.68 Å². The maximum Gasteiger partial charge on any atom is 0.410 e. The summed E-state index contributed by atoms with van der Waals surface area (Å²) in [4.78, 5) is 29.7. The van der Waals surface area contributed by atoms with Crippen LogP contribution in [0.5, 0.6) is 0 Å². The lowest BCUT2D eigenvalue weighted by Crippen LogP contribution is -2.44. The smallest absolute Gasteiger partial charge is 0.410 e. The molecule has 1 amide bonds. The van der Waals surface area contributed by atoms with Crippen LogP contribution in [-0.4, -0.2) is 76.1 Å². The molecule has 2 unspecified atom stereocenters. The highest BCUT2D eigenvalue weighted by Crippen LogP contribution is 2.45. The summed E-state index contributed by atoms with van der Waals surface area (Å²) in [6, 6.07) is 8.29. The molecule has 2 aromatic rings. The van der Waals surface area contributed by atoms with E-state index in [4.69, 9.17) is 9.47 Å². The van der Waals surface area contributed by atoms with Crippen molar-refractivity contribution in [1.29, 1.82) is 0 Å². The van der Waals surface area contributed by atoms with Gasteiger partial charge in [-0.2, -0.15) is 5.10 Å². The Kier molecular flexibility index (Phi) is 9.93. The van der Waals surface area contributed by atoms with Gasteiger partial charge in [0.2, 0.25) is 0 Å². The molecule has 0 bridgehead atoms. The fraction of sp³-hybridized carbons (Fsp3) is 0.656. The van der Waals surface area contributed by atoms with Crippen LogP contribution in [0.3, 0.4) is 0 Å². The van der Waals surface area contributed by atoms with Crippen molar-refractivity contribution < 1.29 is 19.1 Å². The molecule has 1 saturated carbocycles. The number of benzene rings is 1. The van der Waals surface area contributed by atoms with Crippen molar-refractivity contribution >= 4 is 12.1 Å². The fourth-order valence-corrected chi connectivity index (χ4v) is 5.58. The van der Waals surface area contributed by atoms with Gasteiger partial charge < -0.3 is 19.3 Å². The number of esters is 1. The van der Waals surface area contributed by atoms with Gasteiger partial charge in [-0.1, -0.05) is 12.1 Å². The van der Waals surface area contributed by atoms with Crippen LogP contribution in [0.4, 0.5) is 4.79 Å². The van der Waals surface area contributed by atoms with E-state index in [0.29, 0.717) is 30.0 Å². The predicted molar refractivity (Wildman–Crippen MR) is 157 cm³/mol. The Labute approximate surface area is 240 Å². The zero-order chi connectivity index (χ0) is 28.9. The van der Waals surface area contributed by atoms with Crippen molar-refractivity contribution in [1.82, 2.24) is 19.6 Å². The molecule has 4 rings (SSSR count). The van der Waals surface area contributed by atoms with Crippen LogP contribution in [0.2, 0.25) is 0 Å². The molecule has 2 aliphatic rings. The van der Waals surface area contributed by atoms with E-state index in [9.17, 15) is 9.59 Å². The minimum atomic E-state index is -0.509. The number of amides is 1. The van der Waals surface area contributed by atoms with Gasteiger partial charge in [0.05, 0.1) is 18.4 Å². The number of aryl methyl sites for hydroxylation is 1. The van der Waals surface area contributed by atoms with Gasteiger partial charge >= 0.3 is 12.1 Å². The molecule has 2 fully saturated rings. The first-order valence-corrected chi connectivity index (χ1v) is 15.1. The molecule has 1 aliphatic carbocycles. The second kappa shape index (κ2) is 13.2. The Balaban J connectivity index is 1.25. The summed E-state index contributed by atoms with van der Waals surface area (Å²) in [6.07, 6.45) is 9.15. The third-order valence-electron chi connectivity index (χ3n) is 7.93. The Morgan fingerprint density at radius 2 is 1.82 bits per heavy atom. The van der Waals surface area contributed by atoms with Crippen molar-refractivity contribution in [3.8, 4) is 0 Å². The van der Waals surface area contributed by atoms with E-state index >= 15 is 0 Å². The molecule has 1 aromatic carbocycles. The number of hydrogen-bond acceptors (Lipinski definition) is 6. The van der Waals surface area contributed by atoms with Gasteiger partial charge in [0.1, 0.15) is 5.60 Å². The first-order valence-electron chi connectivity index (χ1n) is 15.1. The molecule has 2 heterocycles. The summed E-state index contributed by atoms with van der Waals surface area (Å²) in [7, 11) is 0. The van der Waals surface area contributed by atoms with Gasteiger partial charge in [-0.15, -0.1) is 0 Å². The topological polar surface area (TPSA) is 76.9 Å². The lowest BCUT2D eigenvalue weighted by Gasteiger charge is -2.35. The maximum absolute atomic E-state index is 13.3. The highest BCUT2D eigenvalue weighted by Gasteiger charge is 2.47. The van der Waals surface area contributed by atoms with Gasteiger partial charge in [-0.25, -0.2) is 9.59 Å². The van der Waals surface area contributed by atoms with Crippen molar-refractivity contribution in [3.63, 3.8) is 0 Å². The lowest BCUT2D eigenvalue weighted by atomic mass is 9.95. The molecule has 40 heavy (non-hydrogen) atoms. The van der Waals surface area contributed by atoms with Gasteiger partial charge in [0.25, 0.3) is 0 Å². The number of carbonyl (C=O) groups is 2. The van der Waals surface area contributed by atoms with Gasteiger partial charge in [0, 0.05) is 30.7 Å². The Bertz CT molecular complexity index is 1110. The maximum atomic E-state index is 13.3. The molecular weight excluding hydrogens is 504 g/mol. The van der Waals surface area contributed by atoms with E-state index in [-0.39, 0.29) is 18.1 Å². The minimum Gasteiger partial charge on any atom is -0.462 e. The number of ether oxygens (including phenoxy) is 2. The zero-order valence-corrected chi connectivity index (χ0v) is 25.3. The largest absolute Gasteiger partial charge is 0.462 e. The average Bonchev–Trinajstić information content (AvgIpc) is 3.52. The molecular formula is C32H48N4O4. The normalized spacial score (nSPS) is 20.0. The fourth-order valence-electron chi connectivity index (χ4n) is 5.58. The highest BCUT2D eigenvalue weighted by molar-refractivity contribution is 5.89. The summed E-state index contributed by atoms with van der Waals surface area (Å²) in [5.41, 5.74) is 2.56. The number of hydrogen-bond donors (Lipinski definition) is 0. The van der Waals surface area contributed by atoms with Crippen molar-refractivity contribution in [2.45, 2.75) is 97.2 Å². The summed E-state index contributed by atoms with van der Waals surface area (Å²) in [5.74, 6) is 0.562. The monoisotopic (exact) mass is 552 g/mol. The average molecular weight is 553 g/mol. The van der Waals surface area contributed by atoms with E-state index in [1.54, 1.807) is 0 Å². The first kappa shape index (κ1) is 30.1. The molecule has 0 N–H and O–H groups in total. The Morgan fingerprint density at radius 3 is 2.42 bits per heavy atom. The summed E-state index contributed by atoms with van der Waals surface area (Å²) in [6.45, 7) is 16.2. The summed E-state index contributed by atoms with van der Waals surface area (Å²) in [5, 5.41) is 4.52. The Hall–Kier alpha value is -2.87. The van der Waals surface area contributed by atoms with Crippen molar-refractivity contribution in [3.05, 3.63) is 53.3 Å². The van der Waals surface area contributed by atoms with Crippen LogP contribution in [0.25, 0.3) is 0 Å². The van der Waals surface area contributed by atoms with E-state index in [0.717, 1.165) is 58.3 Å². The molecule has 0 spiro atoms. The molecule has 0 radical (unpaired) electrons. The highest BCUT2D eigenvalue weighted by atomic mass is 16.6. The molecule has 8 heteroatoms. The van der Waals surface area contributed by atoms with Crippen molar-refractivity contribution in [2.75, 3.05) is 32.8 Å². The number of likely N-dealkylation sites (tertiary alicyclic amines) is 1. The molecule has 2 atom stereocenters. The first-order chi connectivity index (χ1) is 19.0. The van der Waals surface area contributed by atoms with Crippen LogP contribution < -0.4 is 0 Å². The van der Waals surface area contributed by atoms with E-state index < -0.39 is 5.60 Å². The summed E-state index contributed by atoms with van der Waals surface area (Å²) >= 11 is 0. The van der Waals surface area contributed by atoms with Crippen LogP contribution in [-0.2, 0) is 15.9 Å². The van der Waals surface area contributed by atoms with Crippen LogP contribution in [0.15, 0.2) is 36.7 Å². The quantitative estimate of drug-likeness (QED) is 0.315. The molecule has 1 saturated heterocycles. The lowest BCUT2D eigenvalue weighted by molar-refractivity contribution is 0.0171. The molecule has 1 aliphatic heterocycles. The van der Waals surface area contributed by atoms with Gasteiger partial charge in [0.15, 0.2) is 0 Å². The van der Waals surface area contributed by atoms with Crippen LogP contribution in [0, 0.1) is 5.92 Å².